The third-order valence-corrected chi connectivity index (χ3v) is 4.61. The number of hydrogen-bond donors (Lipinski definition) is 0. The summed E-state index contributed by atoms with van der Waals surface area (Å²) in [5.74, 6) is 1.01. The van der Waals surface area contributed by atoms with Crippen LogP contribution in [0, 0.1) is 0 Å². The van der Waals surface area contributed by atoms with Gasteiger partial charge in [0.1, 0.15) is 5.75 Å². The van der Waals surface area contributed by atoms with Crippen LogP contribution < -0.4 is 4.74 Å². The molecular weight excluding hydrogens is 312 g/mol. The number of para-hydroxylation sites is 1. The Morgan fingerprint density at radius 3 is 2.20 bits per heavy atom. The van der Waals surface area contributed by atoms with Gasteiger partial charge in [0.05, 0.1) is 13.0 Å². The molecule has 1 heterocycles. The van der Waals surface area contributed by atoms with Gasteiger partial charge in [0.2, 0.25) is 5.91 Å². The van der Waals surface area contributed by atoms with Crippen LogP contribution in [0.1, 0.15) is 12.0 Å². The molecule has 1 amide bonds. The Hall–Kier alpha value is -2.33. The van der Waals surface area contributed by atoms with Crippen LogP contribution in [0.5, 0.6) is 5.75 Å². The van der Waals surface area contributed by atoms with E-state index in [0.717, 1.165) is 44.9 Å². The molecule has 1 aliphatic heterocycles. The van der Waals surface area contributed by atoms with Crippen LogP contribution in [0.2, 0.25) is 0 Å². The van der Waals surface area contributed by atoms with E-state index < -0.39 is 0 Å². The van der Waals surface area contributed by atoms with E-state index in [2.05, 4.69) is 35.2 Å². The van der Waals surface area contributed by atoms with Crippen molar-refractivity contribution in [1.29, 1.82) is 0 Å². The highest BCUT2D eigenvalue weighted by molar-refractivity contribution is 5.76. The van der Waals surface area contributed by atoms with Gasteiger partial charge in [-0.2, -0.15) is 0 Å². The van der Waals surface area contributed by atoms with Gasteiger partial charge in [0.15, 0.2) is 0 Å². The first kappa shape index (κ1) is 17.5. The molecular formula is C21H26N2O2. The monoisotopic (exact) mass is 338 g/mol. The van der Waals surface area contributed by atoms with E-state index in [-0.39, 0.29) is 5.91 Å². The summed E-state index contributed by atoms with van der Waals surface area (Å²) in [5, 5.41) is 0. The van der Waals surface area contributed by atoms with Crippen LogP contribution >= 0.6 is 0 Å². The maximum atomic E-state index is 12.3. The molecule has 1 saturated heterocycles. The summed E-state index contributed by atoms with van der Waals surface area (Å²) in [6.45, 7) is 5.05. The van der Waals surface area contributed by atoms with Crippen molar-refractivity contribution in [3.63, 3.8) is 0 Å². The van der Waals surface area contributed by atoms with E-state index in [1.165, 1.54) is 5.56 Å². The quantitative estimate of drug-likeness (QED) is 0.778. The highest BCUT2D eigenvalue weighted by atomic mass is 16.5. The average molecular weight is 338 g/mol. The van der Waals surface area contributed by atoms with Gasteiger partial charge in [-0.15, -0.1) is 0 Å². The minimum atomic E-state index is 0.193. The highest BCUT2D eigenvalue weighted by Gasteiger charge is 2.20. The van der Waals surface area contributed by atoms with Crippen molar-refractivity contribution in [2.75, 3.05) is 39.3 Å². The molecule has 1 aliphatic rings. The van der Waals surface area contributed by atoms with Crippen molar-refractivity contribution in [3.05, 3.63) is 66.2 Å². The normalized spacial score (nSPS) is 15.1. The molecule has 0 atom stereocenters. The van der Waals surface area contributed by atoms with Crippen LogP contribution in [0.3, 0.4) is 0 Å². The van der Waals surface area contributed by atoms with E-state index in [9.17, 15) is 4.79 Å². The molecule has 4 heteroatoms. The van der Waals surface area contributed by atoms with Gasteiger partial charge >= 0.3 is 0 Å². The summed E-state index contributed by atoms with van der Waals surface area (Å²) in [5.41, 5.74) is 1.37. The molecule has 2 aromatic rings. The Bertz CT molecular complexity index is 637. The number of amides is 1. The van der Waals surface area contributed by atoms with Crippen molar-refractivity contribution >= 4 is 5.91 Å². The van der Waals surface area contributed by atoms with Crippen molar-refractivity contribution in [1.82, 2.24) is 9.80 Å². The molecule has 2 aromatic carbocycles. The molecule has 0 radical (unpaired) electrons. The lowest BCUT2D eigenvalue weighted by atomic mass is 10.1. The molecule has 25 heavy (non-hydrogen) atoms. The Morgan fingerprint density at radius 1 is 0.880 bits per heavy atom. The first-order chi connectivity index (χ1) is 12.3. The van der Waals surface area contributed by atoms with Crippen LogP contribution in [-0.4, -0.2) is 55.0 Å². The first-order valence-corrected chi connectivity index (χ1v) is 9.03. The fourth-order valence-corrected chi connectivity index (χ4v) is 3.08. The Labute approximate surface area is 150 Å². The topological polar surface area (TPSA) is 32.8 Å². The van der Waals surface area contributed by atoms with Gasteiger partial charge in [-0.05, 0) is 24.1 Å². The SMILES string of the molecule is O=C(CCOc1ccccc1)N1CCN(CCc2ccccc2)CC1. The number of carbonyl (C=O) groups excluding carboxylic acids is 1. The van der Waals surface area contributed by atoms with Gasteiger partial charge in [0.25, 0.3) is 0 Å². The lowest BCUT2D eigenvalue weighted by Gasteiger charge is -2.34. The minimum absolute atomic E-state index is 0.193. The van der Waals surface area contributed by atoms with Crippen molar-refractivity contribution in [3.8, 4) is 5.75 Å². The molecule has 0 saturated carbocycles. The molecule has 0 aromatic heterocycles. The fraction of sp³-hybridized carbons (Fsp3) is 0.381. The number of hydrogen-bond acceptors (Lipinski definition) is 3. The number of carbonyl (C=O) groups is 1. The van der Waals surface area contributed by atoms with E-state index in [1.54, 1.807) is 0 Å². The van der Waals surface area contributed by atoms with Crippen molar-refractivity contribution < 1.29 is 9.53 Å². The molecule has 4 nitrogen and oxygen atoms in total. The predicted molar refractivity (Wildman–Crippen MR) is 99.7 cm³/mol. The summed E-state index contributed by atoms with van der Waals surface area (Å²) >= 11 is 0. The third kappa shape index (κ3) is 5.61. The third-order valence-electron chi connectivity index (χ3n) is 4.61. The second-order valence-electron chi connectivity index (χ2n) is 6.37. The van der Waals surface area contributed by atoms with Crippen LogP contribution in [-0.2, 0) is 11.2 Å². The summed E-state index contributed by atoms with van der Waals surface area (Å²) < 4.78 is 5.62. The predicted octanol–water partition coefficient (Wildman–Crippen LogP) is 2.84. The van der Waals surface area contributed by atoms with E-state index in [0.29, 0.717) is 13.0 Å². The standard InChI is InChI=1S/C21H26N2O2/c24-21(12-18-25-20-9-5-2-6-10-20)23-16-14-22(15-17-23)13-11-19-7-3-1-4-8-19/h1-10H,11-18H2. The van der Waals surface area contributed by atoms with Crippen LogP contribution in [0.15, 0.2) is 60.7 Å². The van der Waals surface area contributed by atoms with E-state index in [1.807, 2.05) is 35.2 Å². The Balaban J connectivity index is 1.33. The zero-order valence-corrected chi connectivity index (χ0v) is 14.6. The number of ether oxygens (including phenoxy) is 1. The fourth-order valence-electron chi connectivity index (χ4n) is 3.08. The molecule has 0 spiro atoms. The van der Waals surface area contributed by atoms with Crippen LogP contribution in [0.4, 0.5) is 0 Å². The maximum absolute atomic E-state index is 12.3. The lowest BCUT2D eigenvalue weighted by Crippen LogP contribution is -2.49. The summed E-state index contributed by atoms with van der Waals surface area (Å²) in [7, 11) is 0. The minimum Gasteiger partial charge on any atom is -0.493 e. The molecule has 1 fully saturated rings. The van der Waals surface area contributed by atoms with Gasteiger partial charge < -0.3 is 9.64 Å². The van der Waals surface area contributed by atoms with Gasteiger partial charge in [0, 0.05) is 32.7 Å². The van der Waals surface area contributed by atoms with Gasteiger partial charge in [-0.3, -0.25) is 9.69 Å². The average Bonchev–Trinajstić information content (AvgIpc) is 2.68. The summed E-state index contributed by atoms with van der Waals surface area (Å²) in [6, 6.07) is 20.2. The summed E-state index contributed by atoms with van der Waals surface area (Å²) in [6.07, 6.45) is 1.51. The largest absolute Gasteiger partial charge is 0.493 e. The molecule has 0 N–H and O–H groups in total. The number of benzene rings is 2. The van der Waals surface area contributed by atoms with Crippen molar-refractivity contribution in [2.45, 2.75) is 12.8 Å². The molecule has 0 aliphatic carbocycles. The number of piperazine rings is 1. The van der Waals surface area contributed by atoms with Gasteiger partial charge in [-0.25, -0.2) is 0 Å². The molecule has 3 rings (SSSR count). The number of nitrogens with zero attached hydrogens (tertiary/aromatic N) is 2. The van der Waals surface area contributed by atoms with E-state index >= 15 is 0 Å². The Kier molecular flexibility index (Phi) is 6.46. The van der Waals surface area contributed by atoms with E-state index in [4.69, 9.17) is 4.74 Å². The van der Waals surface area contributed by atoms with Crippen LogP contribution in [0.25, 0.3) is 0 Å². The first-order valence-electron chi connectivity index (χ1n) is 9.03. The second kappa shape index (κ2) is 9.23. The van der Waals surface area contributed by atoms with Gasteiger partial charge in [-0.1, -0.05) is 48.5 Å². The molecule has 132 valence electrons. The lowest BCUT2D eigenvalue weighted by molar-refractivity contribution is -0.133. The highest BCUT2D eigenvalue weighted by Crippen LogP contribution is 2.10. The van der Waals surface area contributed by atoms with Crippen molar-refractivity contribution in [2.24, 2.45) is 0 Å². The zero-order valence-electron chi connectivity index (χ0n) is 14.6. The second-order valence-corrected chi connectivity index (χ2v) is 6.37. The smallest absolute Gasteiger partial charge is 0.226 e. The summed E-state index contributed by atoms with van der Waals surface area (Å²) in [4.78, 5) is 16.7. The maximum Gasteiger partial charge on any atom is 0.226 e. The number of rotatable bonds is 7. The molecule has 0 unspecified atom stereocenters. The molecule has 0 bridgehead atoms. The zero-order chi connectivity index (χ0) is 17.3. The Morgan fingerprint density at radius 2 is 1.52 bits per heavy atom.